The fraction of sp³-hybridized carbons (Fsp3) is 0.654. The van der Waals surface area contributed by atoms with Gasteiger partial charge in [-0.05, 0) is 101 Å². The maximum atomic E-state index is 13.8. The number of ketones is 1. The molecule has 2 N–H and O–H groups in total. The number of carbonyl (C=O) groups is 1. The van der Waals surface area contributed by atoms with Gasteiger partial charge in [-0.1, -0.05) is 0 Å². The normalized spacial score (nSPS) is 34.5. The Labute approximate surface area is 180 Å². The third-order valence-electron chi connectivity index (χ3n) is 8.11. The number of hydrogen-bond acceptors (Lipinski definition) is 4. The Bertz CT molecular complexity index is 863. The summed E-state index contributed by atoms with van der Waals surface area (Å²) in [7, 11) is 3.69. The minimum absolute atomic E-state index is 0.0872. The average molecular weight is 409 g/mol. The molecule has 162 valence electrons. The van der Waals surface area contributed by atoms with Crippen LogP contribution in [-0.4, -0.2) is 25.5 Å². The summed E-state index contributed by atoms with van der Waals surface area (Å²) < 4.78 is 5.67. The fourth-order valence-corrected chi connectivity index (χ4v) is 7.35. The molecular weight excluding hydrogens is 372 g/mol. The summed E-state index contributed by atoms with van der Waals surface area (Å²) in [4.78, 5) is 13.8. The molecule has 1 aromatic rings. The summed E-state index contributed by atoms with van der Waals surface area (Å²) in [6.45, 7) is 5.18. The number of hydrogen-bond donors (Lipinski definition) is 2. The lowest BCUT2D eigenvalue weighted by Gasteiger charge is -2.55. The van der Waals surface area contributed by atoms with E-state index in [2.05, 4.69) is 36.6 Å². The number of methoxy groups -OCH3 is 1. The number of nitrogens with one attached hydrogen (secondary N) is 2. The summed E-state index contributed by atoms with van der Waals surface area (Å²) in [5.41, 5.74) is 4.38. The molecule has 4 heteroatoms. The highest BCUT2D eigenvalue weighted by molar-refractivity contribution is 6.01. The van der Waals surface area contributed by atoms with Gasteiger partial charge in [0.2, 0.25) is 0 Å². The van der Waals surface area contributed by atoms with E-state index < -0.39 is 0 Å². The van der Waals surface area contributed by atoms with Crippen molar-refractivity contribution >= 4 is 11.5 Å². The van der Waals surface area contributed by atoms with E-state index in [0.29, 0.717) is 5.78 Å². The first-order chi connectivity index (χ1) is 14.3. The quantitative estimate of drug-likeness (QED) is 0.706. The molecule has 30 heavy (non-hydrogen) atoms. The zero-order chi connectivity index (χ0) is 21.1. The van der Waals surface area contributed by atoms with E-state index >= 15 is 0 Å². The van der Waals surface area contributed by atoms with Crippen molar-refractivity contribution in [1.82, 2.24) is 10.6 Å². The highest BCUT2D eigenvalue weighted by Gasteiger charge is 2.54. The van der Waals surface area contributed by atoms with Crippen LogP contribution >= 0.6 is 0 Å². The van der Waals surface area contributed by atoms with Crippen molar-refractivity contribution in [3.05, 3.63) is 34.9 Å². The predicted molar refractivity (Wildman–Crippen MR) is 120 cm³/mol. The highest BCUT2D eigenvalue weighted by atomic mass is 16.5. The first kappa shape index (κ1) is 20.1. The first-order valence-electron chi connectivity index (χ1n) is 11.7. The molecule has 6 rings (SSSR count). The number of ether oxygens (including phenoxy) is 1. The van der Waals surface area contributed by atoms with Gasteiger partial charge in [-0.25, -0.2) is 0 Å². The molecule has 1 heterocycles. The molecule has 5 aliphatic rings. The average Bonchev–Trinajstić information content (AvgIpc) is 2.66. The molecule has 0 saturated heterocycles. The first-order valence-corrected chi connectivity index (χ1v) is 11.7. The SMILES string of the molecule is CNCc1cc2c(cc1OC)CC(C)(C)N/C2=C/C(=O)C12CC3CC(CC(C3)C1)C2. The van der Waals surface area contributed by atoms with E-state index in [1.807, 2.05) is 13.1 Å². The van der Waals surface area contributed by atoms with Crippen molar-refractivity contribution < 1.29 is 9.53 Å². The molecule has 0 aromatic heterocycles. The van der Waals surface area contributed by atoms with Crippen LogP contribution in [0.25, 0.3) is 5.70 Å². The molecule has 0 atom stereocenters. The minimum Gasteiger partial charge on any atom is -0.496 e. The van der Waals surface area contributed by atoms with Crippen LogP contribution in [0.3, 0.4) is 0 Å². The van der Waals surface area contributed by atoms with Gasteiger partial charge in [-0.3, -0.25) is 4.79 Å². The highest BCUT2D eigenvalue weighted by Crippen LogP contribution is 2.60. The van der Waals surface area contributed by atoms with Gasteiger partial charge in [-0.2, -0.15) is 0 Å². The van der Waals surface area contributed by atoms with Crippen LogP contribution in [0.4, 0.5) is 0 Å². The van der Waals surface area contributed by atoms with Crippen LogP contribution in [0, 0.1) is 23.2 Å². The molecule has 1 aromatic carbocycles. The van der Waals surface area contributed by atoms with Crippen molar-refractivity contribution in [3.63, 3.8) is 0 Å². The zero-order valence-corrected chi connectivity index (χ0v) is 18.9. The van der Waals surface area contributed by atoms with E-state index in [0.717, 1.165) is 67.0 Å². The maximum Gasteiger partial charge on any atom is 0.163 e. The van der Waals surface area contributed by atoms with Gasteiger partial charge in [0, 0.05) is 40.4 Å². The van der Waals surface area contributed by atoms with Crippen molar-refractivity contribution in [2.45, 2.75) is 70.9 Å². The van der Waals surface area contributed by atoms with Crippen LogP contribution in [0.2, 0.25) is 0 Å². The van der Waals surface area contributed by atoms with Crippen molar-refractivity contribution in [2.24, 2.45) is 23.2 Å². The van der Waals surface area contributed by atoms with Gasteiger partial charge < -0.3 is 15.4 Å². The lowest BCUT2D eigenvalue weighted by Crippen LogP contribution is -2.50. The summed E-state index contributed by atoms with van der Waals surface area (Å²) in [5, 5.41) is 6.94. The van der Waals surface area contributed by atoms with E-state index in [9.17, 15) is 4.79 Å². The van der Waals surface area contributed by atoms with Crippen LogP contribution in [-0.2, 0) is 17.8 Å². The number of carbonyl (C=O) groups excluding carboxylic acids is 1. The maximum absolute atomic E-state index is 13.8. The summed E-state index contributed by atoms with van der Waals surface area (Å²) in [6, 6.07) is 4.39. The van der Waals surface area contributed by atoms with E-state index in [-0.39, 0.29) is 11.0 Å². The summed E-state index contributed by atoms with van der Waals surface area (Å²) in [5.74, 6) is 3.65. The van der Waals surface area contributed by atoms with Gasteiger partial charge in [-0.15, -0.1) is 0 Å². The van der Waals surface area contributed by atoms with Crippen LogP contribution < -0.4 is 15.4 Å². The molecule has 0 spiro atoms. The Hall–Kier alpha value is -1.81. The Morgan fingerprint density at radius 1 is 1.17 bits per heavy atom. The zero-order valence-electron chi connectivity index (χ0n) is 18.9. The molecule has 0 amide bonds. The molecule has 4 aliphatic carbocycles. The van der Waals surface area contributed by atoms with Crippen molar-refractivity contribution in [1.29, 1.82) is 0 Å². The monoisotopic (exact) mass is 408 g/mol. The van der Waals surface area contributed by atoms with Gasteiger partial charge in [0.1, 0.15) is 5.75 Å². The molecule has 0 radical (unpaired) electrons. The Balaban J connectivity index is 1.53. The third-order valence-corrected chi connectivity index (χ3v) is 8.11. The van der Waals surface area contributed by atoms with Gasteiger partial charge in [0.05, 0.1) is 7.11 Å². The summed E-state index contributed by atoms with van der Waals surface area (Å²) >= 11 is 0. The number of allylic oxidation sites excluding steroid dienone is 1. The molecule has 4 fully saturated rings. The van der Waals surface area contributed by atoms with Crippen LogP contribution in [0.5, 0.6) is 5.75 Å². The summed E-state index contributed by atoms with van der Waals surface area (Å²) in [6.07, 6.45) is 10.3. The largest absolute Gasteiger partial charge is 0.496 e. The predicted octanol–water partition coefficient (Wildman–Crippen LogP) is 4.47. The second-order valence-electron chi connectivity index (χ2n) is 11.2. The van der Waals surface area contributed by atoms with Crippen LogP contribution in [0.15, 0.2) is 18.2 Å². The van der Waals surface area contributed by atoms with E-state index in [1.165, 1.54) is 30.4 Å². The molecule has 4 bridgehead atoms. The number of benzene rings is 1. The van der Waals surface area contributed by atoms with E-state index in [4.69, 9.17) is 4.74 Å². The smallest absolute Gasteiger partial charge is 0.163 e. The number of rotatable bonds is 5. The lowest BCUT2D eigenvalue weighted by molar-refractivity contribution is -0.138. The van der Waals surface area contributed by atoms with Crippen molar-refractivity contribution in [2.75, 3.05) is 14.2 Å². The molecular formula is C26H36N2O2. The number of fused-ring (bicyclic) bond motifs is 1. The fourth-order valence-electron chi connectivity index (χ4n) is 7.35. The van der Waals surface area contributed by atoms with Gasteiger partial charge >= 0.3 is 0 Å². The lowest BCUT2D eigenvalue weighted by atomic mass is 9.48. The Kier molecular flexibility index (Phi) is 4.77. The van der Waals surface area contributed by atoms with Gasteiger partial charge in [0.25, 0.3) is 0 Å². The Morgan fingerprint density at radius 2 is 1.80 bits per heavy atom. The second kappa shape index (κ2) is 7.12. The Morgan fingerprint density at radius 3 is 2.37 bits per heavy atom. The molecule has 0 unspecified atom stereocenters. The molecule has 4 saturated carbocycles. The second-order valence-corrected chi connectivity index (χ2v) is 11.2. The standard InChI is InChI=1S/C26H36N2O2/c1-25(2)14-19-9-23(30-4)20(15-27-3)8-21(19)22(28-25)10-24(29)26-11-16-5-17(12-26)7-18(6-16)13-26/h8-10,16-18,27-28H,5-7,11-15H2,1-4H3/b22-10+. The van der Waals surface area contributed by atoms with Crippen LogP contribution in [0.1, 0.15) is 69.1 Å². The molecule has 4 nitrogen and oxygen atoms in total. The van der Waals surface area contributed by atoms with E-state index in [1.54, 1.807) is 7.11 Å². The topological polar surface area (TPSA) is 50.4 Å². The third kappa shape index (κ3) is 3.37. The van der Waals surface area contributed by atoms with Crippen molar-refractivity contribution in [3.8, 4) is 5.75 Å². The minimum atomic E-state index is -0.0918. The molecule has 1 aliphatic heterocycles. The van der Waals surface area contributed by atoms with Gasteiger partial charge in [0.15, 0.2) is 5.78 Å².